The minimum absolute atomic E-state index is 0.299. The second-order valence-electron chi connectivity index (χ2n) is 5.00. The van der Waals surface area contributed by atoms with Crippen LogP contribution in [0.4, 0.5) is 0 Å². The Morgan fingerprint density at radius 2 is 1.72 bits per heavy atom. The van der Waals surface area contributed by atoms with Gasteiger partial charge >= 0.3 is 11.9 Å². The highest BCUT2D eigenvalue weighted by molar-refractivity contribution is 5.94. The Morgan fingerprint density at radius 1 is 1.17 bits per heavy atom. The lowest BCUT2D eigenvalue weighted by Crippen LogP contribution is -2.36. The zero-order valence-corrected chi connectivity index (χ0v) is 11.5. The molecule has 5 nitrogen and oxygen atoms in total. The molecule has 0 aliphatic heterocycles. The van der Waals surface area contributed by atoms with Crippen LogP contribution in [0.5, 0.6) is 0 Å². The average Bonchev–Trinajstić information content (AvgIpc) is 2.14. The number of Topliss-reactive ketones (excluding diaryl/α,β-unsaturated/α-hetero) is 1. The van der Waals surface area contributed by atoms with Gasteiger partial charge in [-0.05, 0) is 13.8 Å². The molecule has 102 valence electrons. The van der Waals surface area contributed by atoms with E-state index in [1.807, 2.05) is 0 Å². The lowest BCUT2D eigenvalue weighted by atomic mass is 9.96. The smallest absolute Gasteiger partial charge is 0.333 e. The van der Waals surface area contributed by atoms with Crippen LogP contribution in [0.1, 0.15) is 41.0 Å². The van der Waals surface area contributed by atoms with Crippen molar-refractivity contribution in [1.29, 1.82) is 0 Å². The molecule has 0 rings (SSSR count). The van der Waals surface area contributed by atoms with E-state index >= 15 is 0 Å². The maximum atomic E-state index is 11.4. The van der Waals surface area contributed by atoms with Gasteiger partial charge < -0.3 is 9.47 Å². The van der Waals surface area contributed by atoms with E-state index in [1.165, 1.54) is 19.1 Å². The van der Waals surface area contributed by atoms with Crippen molar-refractivity contribution in [3.8, 4) is 0 Å². The first-order valence-electron chi connectivity index (χ1n) is 5.69. The van der Waals surface area contributed by atoms with Gasteiger partial charge in [0.1, 0.15) is 12.2 Å². The summed E-state index contributed by atoms with van der Waals surface area (Å²) in [5.74, 6) is -1.59. The van der Waals surface area contributed by atoms with Crippen LogP contribution in [0.15, 0.2) is 12.2 Å². The number of carbonyl (C=O) groups is 3. The lowest BCUT2D eigenvalue weighted by Gasteiger charge is -2.28. The predicted molar refractivity (Wildman–Crippen MR) is 65.5 cm³/mol. The van der Waals surface area contributed by atoms with Crippen molar-refractivity contribution in [3.05, 3.63) is 12.2 Å². The molecule has 0 heterocycles. The van der Waals surface area contributed by atoms with Gasteiger partial charge in [-0.25, -0.2) is 4.79 Å². The summed E-state index contributed by atoms with van der Waals surface area (Å²) in [7, 11) is 0. The third kappa shape index (κ3) is 6.83. The molecule has 0 spiro atoms. The molecule has 0 saturated carbocycles. The van der Waals surface area contributed by atoms with Crippen LogP contribution in [0.25, 0.3) is 0 Å². The van der Waals surface area contributed by atoms with E-state index in [4.69, 9.17) is 9.47 Å². The molecule has 1 atom stereocenters. The van der Waals surface area contributed by atoms with Crippen molar-refractivity contribution in [2.45, 2.75) is 47.3 Å². The Hall–Kier alpha value is -1.65. The number of carbonyl (C=O) groups excluding carboxylic acids is 3. The topological polar surface area (TPSA) is 69.7 Å². The molecular formula is C13H20O5. The Labute approximate surface area is 107 Å². The normalized spacial score (nSPS) is 13.2. The number of hydrogen-bond donors (Lipinski definition) is 0. The van der Waals surface area contributed by atoms with Gasteiger partial charge in [-0.2, -0.15) is 0 Å². The van der Waals surface area contributed by atoms with Crippen LogP contribution < -0.4 is 0 Å². The van der Waals surface area contributed by atoms with Crippen LogP contribution >= 0.6 is 0 Å². The molecule has 0 aromatic rings. The fourth-order valence-electron chi connectivity index (χ4n) is 1.02. The number of ether oxygens (including phenoxy) is 2. The molecule has 0 bridgehead atoms. The van der Waals surface area contributed by atoms with Gasteiger partial charge in [0.15, 0.2) is 0 Å². The molecule has 0 radical (unpaired) electrons. The van der Waals surface area contributed by atoms with Crippen LogP contribution in [-0.2, 0) is 23.9 Å². The molecule has 0 aromatic heterocycles. The summed E-state index contributed by atoms with van der Waals surface area (Å²) >= 11 is 0. The maximum absolute atomic E-state index is 11.4. The van der Waals surface area contributed by atoms with Crippen LogP contribution in [0, 0.1) is 5.41 Å². The lowest BCUT2D eigenvalue weighted by molar-refractivity contribution is -0.203. The first kappa shape index (κ1) is 16.4. The Morgan fingerprint density at radius 3 is 2.11 bits per heavy atom. The Balaban J connectivity index is 4.66. The maximum Gasteiger partial charge on any atom is 0.333 e. The van der Waals surface area contributed by atoms with E-state index in [1.54, 1.807) is 27.7 Å². The van der Waals surface area contributed by atoms with Gasteiger partial charge in [0.2, 0.25) is 0 Å². The first-order chi connectivity index (χ1) is 8.16. The van der Waals surface area contributed by atoms with Crippen LogP contribution in [0.3, 0.4) is 0 Å². The molecule has 0 aliphatic carbocycles. The number of hydrogen-bond acceptors (Lipinski definition) is 5. The van der Waals surface area contributed by atoms with E-state index in [9.17, 15) is 14.4 Å². The Kier molecular flexibility index (Phi) is 6.30. The standard InChI is InChI=1S/C13H20O5/c1-6-7-10(15)17-12(13(3,4)5)18-11(16)8-9(2)14/h6-7,12H,8H2,1-5H3. The number of ketones is 1. The highest BCUT2D eigenvalue weighted by Crippen LogP contribution is 2.24. The van der Waals surface area contributed by atoms with Crippen molar-refractivity contribution >= 4 is 17.7 Å². The molecule has 0 aliphatic rings. The Bertz CT molecular complexity index is 349. The molecule has 0 N–H and O–H groups in total. The molecule has 1 unspecified atom stereocenters. The largest absolute Gasteiger partial charge is 0.424 e. The summed E-state index contributed by atoms with van der Waals surface area (Å²) in [5.41, 5.74) is -0.566. The van der Waals surface area contributed by atoms with Gasteiger partial charge in [-0.15, -0.1) is 0 Å². The third-order valence-electron chi connectivity index (χ3n) is 1.86. The monoisotopic (exact) mass is 256 g/mol. The minimum Gasteiger partial charge on any atom is -0.424 e. The quantitative estimate of drug-likeness (QED) is 0.325. The summed E-state index contributed by atoms with van der Waals surface area (Å²) in [4.78, 5) is 33.5. The van der Waals surface area contributed by atoms with Crippen molar-refractivity contribution in [2.24, 2.45) is 5.41 Å². The molecule has 0 aromatic carbocycles. The first-order valence-corrected chi connectivity index (χ1v) is 5.69. The summed E-state index contributed by atoms with van der Waals surface area (Å²) in [6.07, 6.45) is 1.41. The van der Waals surface area contributed by atoms with Crippen molar-refractivity contribution in [2.75, 3.05) is 0 Å². The molecule has 5 heteroatoms. The summed E-state index contributed by atoms with van der Waals surface area (Å²) in [6, 6.07) is 0. The number of rotatable bonds is 5. The average molecular weight is 256 g/mol. The van der Waals surface area contributed by atoms with E-state index in [2.05, 4.69) is 0 Å². The molecule has 0 amide bonds. The SMILES string of the molecule is CC=CC(=O)OC(OC(=O)CC(C)=O)C(C)(C)C. The van der Waals surface area contributed by atoms with E-state index in [0.717, 1.165) is 0 Å². The predicted octanol–water partition coefficient (Wildman–Crippen LogP) is 2.00. The van der Waals surface area contributed by atoms with Crippen molar-refractivity contribution in [3.63, 3.8) is 0 Å². The molecule has 0 fully saturated rings. The van der Waals surface area contributed by atoms with E-state index in [-0.39, 0.29) is 12.2 Å². The van der Waals surface area contributed by atoms with Crippen molar-refractivity contribution < 1.29 is 23.9 Å². The fraction of sp³-hybridized carbons (Fsp3) is 0.615. The second-order valence-corrected chi connectivity index (χ2v) is 5.00. The van der Waals surface area contributed by atoms with Gasteiger partial charge in [0, 0.05) is 11.5 Å². The second kappa shape index (κ2) is 6.93. The summed E-state index contributed by atoms with van der Waals surface area (Å²) < 4.78 is 10.0. The fourth-order valence-corrected chi connectivity index (χ4v) is 1.02. The summed E-state index contributed by atoms with van der Waals surface area (Å²) in [5, 5.41) is 0. The third-order valence-corrected chi connectivity index (χ3v) is 1.86. The number of esters is 2. The highest BCUT2D eigenvalue weighted by Gasteiger charge is 2.31. The highest BCUT2D eigenvalue weighted by atomic mass is 16.7. The molecular weight excluding hydrogens is 236 g/mol. The van der Waals surface area contributed by atoms with Crippen LogP contribution in [0.2, 0.25) is 0 Å². The van der Waals surface area contributed by atoms with Crippen LogP contribution in [-0.4, -0.2) is 24.0 Å². The van der Waals surface area contributed by atoms with Gasteiger partial charge in [0.25, 0.3) is 6.29 Å². The van der Waals surface area contributed by atoms with E-state index in [0.29, 0.717) is 0 Å². The molecule has 18 heavy (non-hydrogen) atoms. The van der Waals surface area contributed by atoms with E-state index < -0.39 is 23.6 Å². The number of allylic oxidation sites excluding steroid dienone is 1. The minimum atomic E-state index is -1.02. The van der Waals surface area contributed by atoms with Gasteiger partial charge in [0.05, 0.1) is 0 Å². The molecule has 0 saturated heterocycles. The zero-order valence-electron chi connectivity index (χ0n) is 11.5. The summed E-state index contributed by atoms with van der Waals surface area (Å²) in [6.45, 7) is 8.26. The van der Waals surface area contributed by atoms with Gasteiger partial charge in [-0.1, -0.05) is 26.8 Å². The zero-order chi connectivity index (χ0) is 14.3. The van der Waals surface area contributed by atoms with Gasteiger partial charge in [-0.3, -0.25) is 9.59 Å². The van der Waals surface area contributed by atoms with Crippen molar-refractivity contribution in [1.82, 2.24) is 0 Å².